The Labute approximate surface area is 160 Å². The topological polar surface area (TPSA) is 79.5 Å². The molecule has 1 aliphatic heterocycles. The Kier molecular flexibility index (Phi) is 5.94. The van der Waals surface area contributed by atoms with Crippen molar-refractivity contribution in [1.82, 2.24) is 19.3 Å². The first kappa shape index (κ1) is 19.0. The zero-order valence-corrected chi connectivity index (χ0v) is 17.4. The minimum atomic E-state index is -3.41. The second-order valence-corrected chi connectivity index (χ2v) is 10.6. The number of aromatic nitrogens is 2. The van der Waals surface area contributed by atoms with Crippen LogP contribution < -0.4 is 0 Å². The lowest BCUT2D eigenvalue weighted by atomic mass is 10.2. The molecule has 1 saturated heterocycles. The molecule has 3 rings (SSSR count). The largest absolute Gasteiger partial charge is 0.338 e. The maximum absolute atomic E-state index is 12.7. The molecular weight excluding hydrogens is 428 g/mol. The minimum absolute atomic E-state index is 0.0150. The molecule has 1 fully saturated rings. The van der Waals surface area contributed by atoms with E-state index < -0.39 is 10.0 Å². The van der Waals surface area contributed by atoms with Gasteiger partial charge >= 0.3 is 0 Å². The molecule has 0 N–H and O–H groups in total. The summed E-state index contributed by atoms with van der Waals surface area (Å²) in [7, 11) is -3.41. The molecule has 1 atom stereocenters. The molecule has 0 radical (unpaired) electrons. The van der Waals surface area contributed by atoms with Crippen LogP contribution in [0, 0.1) is 0 Å². The number of hydrogen-bond acceptors (Lipinski definition) is 7. The summed E-state index contributed by atoms with van der Waals surface area (Å²) in [6.07, 6.45) is 1.78. The molecule has 0 unspecified atom stereocenters. The first-order valence-corrected chi connectivity index (χ1v) is 11.3. The molecule has 7 nitrogen and oxygen atoms in total. The summed E-state index contributed by atoms with van der Waals surface area (Å²) < 4.78 is 33.5. The highest BCUT2D eigenvalue weighted by molar-refractivity contribution is 9.11. The zero-order valence-electron chi connectivity index (χ0n) is 14.2. The molecule has 10 heteroatoms. The summed E-state index contributed by atoms with van der Waals surface area (Å²) in [5.41, 5.74) is 0. The maximum atomic E-state index is 12.7. The predicted molar refractivity (Wildman–Crippen MR) is 99.1 cm³/mol. The number of thiophene rings is 1. The van der Waals surface area contributed by atoms with Gasteiger partial charge in [0.1, 0.15) is 4.21 Å². The number of nitrogens with zero attached hydrogens (tertiary/aromatic N) is 4. The molecule has 25 heavy (non-hydrogen) atoms. The van der Waals surface area contributed by atoms with E-state index in [4.69, 9.17) is 4.52 Å². The second-order valence-electron chi connectivity index (χ2n) is 5.97. The van der Waals surface area contributed by atoms with Gasteiger partial charge in [0.05, 0.1) is 9.83 Å². The van der Waals surface area contributed by atoms with Crippen LogP contribution in [0.25, 0.3) is 0 Å². The molecule has 0 aromatic carbocycles. The van der Waals surface area contributed by atoms with Crippen LogP contribution in [0.5, 0.6) is 0 Å². The third-order valence-corrected chi connectivity index (χ3v) is 8.27. The molecule has 0 saturated carbocycles. The van der Waals surface area contributed by atoms with Gasteiger partial charge in [-0.1, -0.05) is 12.1 Å². The van der Waals surface area contributed by atoms with Gasteiger partial charge in [-0.2, -0.15) is 9.29 Å². The monoisotopic (exact) mass is 448 g/mol. The third-order valence-electron chi connectivity index (χ3n) is 4.28. The molecule has 138 valence electrons. The van der Waals surface area contributed by atoms with Gasteiger partial charge in [-0.3, -0.25) is 4.90 Å². The average molecular weight is 449 g/mol. The molecule has 0 amide bonds. The fourth-order valence-electron chi connectivity index (χ4n) is 2.81. The van der Waals surface area contributed by atoms with Gasteiger partial charge in [-0.15, -0.1) is 11.3 Å². The van der Waals surface area contributed by atoms with E-state index in [1.807, 2.05) is 6.92 Å². The van der Waals surface area contributed by atoms with E-state index in [0.717, 1.165) is 22.5 Å². The van der Waals surface area contributed by atoms with Crippen molar-refractivity contribution in [2.75, 3.05) is 26.2 Å². The predicted octanol–water partition coefficient (Wildman–Crippen LogP) is 2.91. The first-order chi connectivity index (χ1) is 11.9. The highest BCUT2D eigenvalue weighted by Crippen LogP contribution is 2.29. The quantitative estimate of drug-likeness (QED) is 0.675. The van der Waals surface area contributed by atoms with Gasteiger partial charge in [0.25, 0.3) is 10.0 Å². The normalized spacial score (nSPS) is 18.5. The molecule has 2 aromatic rings. The SMILES string of the molecule is CCCc1noc([C@@H](C)N2CCN(S(=O)(=O)c3ccc(Br)s3)CC2)n1. The molecule has 1 aliphatic rings. The van der Waals surface area contributed by atoms with E-state index in [0.29, 0.717) is 36.3 Å². The number of sulfonamides is 1. The van der Waals surface area contributed by atoms with Gasteiger partial charge < -0.3 is 4.52 Å². The number of hydrogen-bond donors (Lipinski definition) is 0. The molecule has 2 aromatic heterocycles. The lowest BCUT2D eigenvalue weighted by molar-refractivity contribution is 0.124. The van der Waals surface area contributed by atoms with E-state index in [1.165, 1.54) is 11.3 Å². The van der Waals surface area contributed by atoms with Crippen molar-refractivity contribution in [3.05, 3.63) is 27.6 Å². The van der Waals surface area contributed by atoms with Crippen LogP contribution in [0.15, 0.2) is 24.7 Å². The highest BCUT2D eigenvalue weighted by Gasteiger charge is 2.32. The fourth-order valence-corrected chi connectivity index (χ4v) is 6.40. The Morgan fingerprint density at radius 1 is 1.32 bits per heavy atom. The van der Waals surface area contributed by atoms with Gasteiger partial charge in [0, 0.05) is 32.6 Å². The van der Waals surface area contributed by atoms with Gasteiger partial charge in [0.15, 0.2) is 5.82 Å². The van der Waals surface area contributed by atoms with Crippen LogP contribution in [0.1, 0.15) is 38.0 Å². The van der Waals surface area contributed by atoms with Crippen molar-refractivity contribution in [3.63, 3.8) is 0 Å². The Morgan fingerprint density at radius 3 is 2.64 bits per heavy atom. The van der Waals surface area contributed by atoms with Crippen molar-refractivity contribution < 1.29 is 12.9 Å². The van der Waals surface area contributed by atoms with E-state index in [2.05, 4.69) is 37.9 Å². The lowest BCUT2D eigenvalue weighted by Crippen LogP contribution is -2.49. The van der Waals surface area contributed by atoms with E-state index >= 15 is 0 Å². The third kappa shape index (κ3) is 4.13. The van der Waals surface area contributed by atoms with Gasteiger partial charge in [0.2, 0.25) is 5.89 Å². The summed E-state index contributed by atoms with van der Waals surface area (Å²) in [5.74, 6) is 1.33. The van der Waals surface area contributed by atoms with Crippen molar-refractivity contribution >= 4 is 37.3 Å². The van der Waals surface area contributed by atoms with Gasteiger partial charge in [-0.05, 0) is 41.4 Å². The summed E-state index contributed by atoms with van der Waals surface area (Å²) >= 11 is 4.56. The zero-order chi connectivity index (χ0) is 18.0. The Morgan fingerprint density at radius 2 is 2.04 bits per heavy atom. The molecule has 3 heterocycles. The maximum Gasteiger partial charge on any atom is 0.252 e. The van der Waals surface area contributed by atoms with E-state index in [-0.39, 0.29) is 6.04 Å². The van der Waals surface area contributed by atoms with Crippen molar-refractivity contribution in [2.24, 2.45) is 0 Å². The molecule has 0 aliphatic carbocycles. The Balaban J connectivity index is 1.63. The van der Waals surface area contributed by atoms with Crippen molar-refractivity contribution in [2.45, 2.75) is 36.9 Å². The molecular formula is C15H21BrN4O3S2. The van der Waals surface area contributed by atoms with Gasteiger partial charge in [-0.25, -0.2) is 8.42 Å². The Bertz CT molecular complexity index is 812. The second kappa shape index (κ2) is 7.83. The fraction of sp³-hybridized carbons (Fsp3) is 0.600. The first-order valence-electron chi connectivity index (χ1n) is 8.24. The van der Waals surface area contributed by atoms with Crippen LogP contribution in [0.3, 0.4) is 0 Å². The molecule has 0 bridgehead atoms. The number of aryl methyl sites for hydroxylation is 1. The summed E-state index contributed by atoms with van der Waals surface area (Å²) in [6, 6.07) is 3.39. The highest BCUT2D eigenvalue weighted by atomic mass is 79.9. The van der Waals surface area contributed by atoms with Crippen molar-refractivity contribution in [3.8, 4) is 0 Å². The van der Waals surface area contributed by atoms with Crippen LogP contribution in [-0.2, 0) is 16.4 Å². The Hall–Kier alpha value is -0.810. The van der Waals surface area contributed by atoms with Crippen LogP contribution in [0.2, 0.25) is 0 Å². The van der Waals surface area contributed by atoms with Crippen LogP contribution in [0.4, 0.5) is 0 Å². The number of rotatable bonds is 6. The van der Waals surface area contributed by atoms with Crippen molar-refractivity contribution in [1.29, 1.82) is 0 Å². The smallest absolute Gasteiger partial charge is 0.252 e. The van der Waals surface area contributed by atoms with E-state index in [9.17, 15) is 8.42 Å². The van der Waals surface area contributed by atoms with E-state index in [1.54, 1.807) is 16.4 Å². The summed E-state index contributed by atoms with van der Waals surface area (Å²) in [6.45, 7) is 6.28. The average Bonchev–Trinajstić information content (AvgIpc) is 3.24. The van der Waals surface area contributed by atoms with Crippen LogP contribution >= 0.6 is 27.3 Å². The summed E-state index contributed by atoms with van der Waals surface area (Å²) in [4.78, 5) is 6.62. The standard InChI is InChI=1S/C15H21BrN4O3S2/c1-3-4-13-17-15(23-18-13)11(2)19-7-9-20(10-8-19)25(21,22)14-6-5-12(16)24-14/h5-6,11H,3-4,7-10H2,1-2H3/t11-/m1/s1. The minimum Gasteiger partial charge on any atom is -0.338 e. The summed E-state index contributed by atoms with van der Waals surface area (Å²) in [5, 5.41) is 4.00. The lowest BCUT2D eigenvalue weighted by Gasteiger charge is -2.35. The molecule has 0 spiro atoms. The number of halogens is 1. The van der Waals surface area contributed by atoms with Crippen LogP contribution in [-0.4, -0.2) is 53.9 Å². The number of piperazine rings is 1.